The van der Waals surface area contributed by atoms with Crippen LogP contribution in [0, 0.1) is 22.0 Å². The lowest BCUT2D eigenvalue weighted by molar-refractivity contribution is -0.384. The smallest absolute Gasteiger partial charge is 0.270 e. The predicted molar refractivity (Wildman–Crippen MR) is 171 cm³/mol. The zero-order chi connectivity index (χ0) is 30.4. The minimum absolute atomic E-state index is 0.00365. The van der Waals surface area contributed by atoms with Gasteiger partial charge in [-0.1, -0.05) is 27.7 Å². The van der Waals surface area contributed by atoms with Crippen LogP contribution in [0.2, 0.25) is 0 Å². The summed E-state index contributed by atoms with van der Waals surface area (Å²) in [6.45, 7) is 14.1. The molecular formula is C31H46N6O4S. The number of nitrogens with zero attached hydrogens (tertiary/aromatic N) is 6. The quantitative estimate of drug-likeness (QED) is 0.194. The Balaban J connectivity index is 1.76. The van der Waals surface area contributed by atoms with E-state index in [1.54, 1.807) is 28.7 Å². The molecule has 11 heteroatoms. The normalized spacial score (nSPS) is 17.2. The predicted octanol–water partition coefficient (Wildman–Crippen LogP) is 5.39. The highest BCUT2D eigenvalue weighted by Gasteiger charge is 2.31. The number of aliphatic imine (C=N–C) groups is 1. The van der Waals surface area contributed by atoms with Gasteiger partial charge in [-0.2, -0.15) is 4.31 Å². The number of piperazine rings is 1. The number of likely N-dealkylation sites (N-methyl/N-ethyl adjacent to an activating group) is 1. The van der Waals surface area contributed by atoms with Crippen molar-refractivity contribution in [3.8, 4) is 0 Å². The molecule has 2 aromatic rings. The van der Waals surface area contributed by atoms with Gasteiger partial charge >= 0.3 is 0 Å². The Morgan fingerprint density at radius 2 is 1.48 bits per heavy atom. The van der Waals surface area contributed by atoms with Crippen LogP contribution in [0.4, 0.5) is 22.7 Å². The third-order valence-electron chi connectivity index (χ3n) is 7.81. The third-order valence-corrected chi connectivity index (χ3v) is 9.67. The van der Waals surface area contributed by atoms with E-state index in [9.17, 15) is 18.5 Å². The lowest BCUT2D eigenvalue weighted by Gasteiger charge is -2.34. The van der Waals surface area contributed by atoms with Gasteiger partial charge in [-0.25, -0.2) is 8.42 Å². The number of piperidine rings is 1. The van der Waals surface area contributed by atoms with Crippen LogP contribution in [0.1, 0.15) is 52.5 Å². The standard InChI is InChI=1S/C31H46N6O4S/c1-24(2)22-36(23-25(3)4)42(40,41)31-20-27(9-11-30(31)34-13-7-6-8-14-34)32-21-26-19-28(37(38)39)10-12-29(26)35-17-15-33(5)16-18-35/h9-12,19-21,24-25H,6-8,13-18,22-23H2,1-5H3. The maximum Gasteiger partial charge on any atom is 0.270 e. The summed E-state index contributed by atoms with van der Waals surface area (Å²) in [5, 5.41) is 11.6. The summed E-state index contributed by atoms with van der Waals surface area (Å²) in [7, 11) is -1.73. The summed E-state index contributed by atoms with van der Waals surface area (Å²) in [5.41, 5.74) is 2.74. The molecular weight excluding hydrogens is 552 g/mol. The first-order valence-electron chi connectivity index (χ1n) is 15.1. The van der Waals surface area contributed by atoms with Gasteiger partial charge < -0.3 is 14.7 Å². The highest BCUT2D eigenvalue weighted by molar-refractivity contribution is 7.89. The molecule has 230 valence electrons. The van der Waals surface area contributed by atoms with Gasteiger partial charge in [0, 0.05) is 82.0 Å². The summed E-state index contributed by atoms with van der Waals surface area (Å²) in [6, 6.07) is 10.3. The van der Waals surface area contributed by atoms with Crippen molar-refractivity contribution >= 4 is 39.0 Å². The number of anilines is 2. The zero-order valence-electron chi connectivity index (χ0n) is 25.7. The van der Waals surface area contributed by atoms with Gasteiger partial charge in [0.15, 0.2) is 0 Å². The summed E-state index contributed by atoms with van der Waals surface area (Å²) < 4.78 is 30.1. The first-order valence-corrected chi connectivity index (χ1v) is 16.5. The highest BCUT2D eigenvalue weighted by Crippen LogP contribution is 2.34. The van der Waals surface area contributed by atoms with Gasteiger partial charge in [0.05, 0.1) is 16.3 Å². The van der Waals surface area contributed by atoms with Crippen LogP contribution in [-0.4, -0.2) is 88.2 Å². The fourth-order valence-corrected chi connectivity index (χ4v) is 7.65. The second kappa shape index (κ2) is 14.0. The Morgan fingerprint density at radius 1 is 0.881 bits per heavy atom. The van der Waals surface area contributed by atoms with Gasteiger partial charge in [0.25, 0.3) is 5.69 Å². The fraction of sp³-hybridized carbons (Fsp3) is 0.581. The minimum Gasteiger partial charge on any atom is -0.370 e. The Hall–Kier alpha value is -3.02. The number of rotatable bonds is 11. The minimum atomic E-state index is -3.81. The molecule has 0 N–H and O–H groups in total. The molecule has 0 saturated carbocycles. The summed E-state index contributed by atoms with van der Waals surface area (Å²) in [6.07, 6.45) is 4.84. The molecule has 0 atom stereocenters. The first kappa shape index (κ1) is 31.9. The maximum atomic E-state index is 14.3. The molecule has 0 spiro atoms. The molecule has 2 fully saturated rings. The molecule has 2 heterocycles. The van der Waals surface area contributed by atoms with E-state index >= 15 is 0 Å². The van der Waals surface area contributed by atoms with Crippen molar-refractivity contribution in [3.05, 3.63) is 52.1 Å². The second-order valence-electron chi connectivity index (χ2n) is 12.4. The van der Waals surface area contributed by atoms with Crippen molar-refractivity contribution in [1.29, 1.82) is 0 Å². The summed E-state index contributed by atoms with van der Waals surface area (Å²) >= 11 is 0. The number of nitro groups is 1. The topological polar surface area (TPSA) is 103 Å². The summed E-state index contributed by atoms with van der Waals surface area (Å²) in [5.74, 6) is 0.361. The van der Waals surface area contributed by atoms with Crippen molar-refractivity contribution < 1.29 is 13.3 Å². The van der Waals surface area contributed by atoms with E-state index in [2.05, 4.69) is 21.7 Å². The van der Waals surface area contributed by atoms with Gasteiger partial charge in [0.1, 0.15) is 4.90 Å². The highest BCUT2D eigenvalue weighted by atomic mass is 32.2. The van der Waals surface area contributed by atoms with Crippen LogP contribution >= 0.6 is 0 Å². The van der Waals surface area contributed by atoms with Crippen molar-refractivity contribution in [3.63, 3.8) is 0 Å². The van der Waals surface area contributed by atoms with Gasteiger partial charge in [-0.05, 0) is 62.4 Å². The number of hydrogen-bond donors (Lipinski definition) is 0. The zero-order valence-corrected chi connectivity index (χ0v) is 26.5. The average Bonchev–Trinajstić information content (AvgIpc) is 2.96. The van der Waals surface area contributed by atoms with Crippen molar-refractivity contribution in [2.45, 2.75) is 51.9 Å². The molecule has 2 aliphatic rings. The molecule has 4 rings (SSSR count). The van der Waals surface area contributed by atoms with Crippen molar-refractivity contribution in [2.75, 3.05) is 69.2 Å². The monoisotopic (exact) mass is 598 g/mol. The van der Waals surface area contributed by atoms with Crippen LogP contribution in [-0.2, 0) is 10.0 Å². The number of non-ortho nitro benzene ring substituents is 1. The number of sulfonamides is 1. The van der Waals surface area contributed by atoms with Crippen LogP contribution < -0.4 is 9.80 Å². The first-order chi connectivity index (χ1) is 20.0. The van der Waals surface area contributed by atoms with Crippen LogP contribution in [0.3, 0.4) is 0 Å². The van der Waals surface area contributed by atoms with E-state index in [0.717, 1.165) is 69.9 Å². The molecule has 0 radical (unpaired) electrons. The number of benzene rings is 2. The Labute approximate surface area is 251 Å². The molecule has 2 saturated heterocycles. The van der Waals surface area contributed by atoms with E-state index in [-0.39, 0.29) is 22.4 Å². The molecule has 42 heavy (non-hydrogen) atoms. The van der Waals surface area contributed by atoms with E-state index in [1.165, 1.54) is 6.07 Å². The number of hydrogen-bond acceptors (Lipinski definition) is 8. The van der Waals surface area contributed by atoms with E-state index in [4.69, 9.17) is 4.99 Å². The molecule has 10 nitrogen and oxygen atoms in total. The Bertz CT molecular complexity index is 1350. The lowest BCUT2D eigenvalue weighted by atomic mass is 10.1. The molecule has 0 unspecified atom stereocenters. The molecule has 0 amide bonds. The van der Waals surface area contributed by atoms with E-state index in [0.29, 0.717) is 24.3 Å². The molecule has 2 aromatic carbocycles. The van der Waals surface area contributed by atoms with Crippen LogP contribution in [0.15, 0.2) is 46.3 Å². The Kier molecular flexibility index (Phi) is 10.6. The number of nitro benzene ring substituents is 1. The maximum absolute atomic E-state index is 14.3. The largest absolute Gasteiger partial charge is 0.370 e. The van der Waals surface area contributed by atoms with E-state index < -0.39 is 14.9 Å². The molecule has 2 aliphatic heterocycles. The SMILES string of the molecule is CC(C)CN(CC(C)C)S(=O)(=O)c1cc(N=Cc2cc([N+](=O)[O-])ccc2N2CCN(C)CC2)ccc1N1CCCCC1. The fourth-order valence-electron chi connectivity index (χ4n) is 5.65. The van der Waals surface area contributed by atoms with Crippen molar-refractivity contribution in [2.24, 2.45) is 16.8 Å². The lowest BCUT2D eigenvalue weighted by Crippen LogP contribution is -2.44. The second-order valence-corrected chi connectivity index (χ2v) is 14.3. The molecule has 0 aliphatic carbocycles. The molecule has 0 aromatic heterocycles. The van der Waals surface area contributed by atoms with Crippen LogP contribution in [0.25, 0.3) is 0 Å². The third kappa shape index (κ3) is 7.87. The van der Waals surface area contributed by atoms with E-state index in [1.807, 2.05) is 39.8 Å². The molecule has 0 bridgehead atoms. The van der Waals surface area contributed by atoms with Gasteiger partial charge in [-0.15, -0.1) is 0 Å². The van der Waals surface area contributed by atoms with Gasteiger partial charge in [-0.3, -0.25) is 15.1 Å². The van der Waals surface area contributed by atoms with Crippen LogP contribution in [0.5, 0.6) is 0 Å². The average molecular weight is 599 g/mol. The Morgan fingerprint density at radius 3 is 2.07 bits per heavy atom. The van der Waals surface area contributed by atoms with Crippen molar-refractivity contribution in [1.82, 2.24) is 9.21 Å². The van der Waals surface area contributed by atoms with Gasteiger partial charge in [0.2, 0.25) is 10.0 Å². The summed E-state index contributed by atoms with van der Waals surface area (Å²) in [4.78, 5) is 22.8.